The van der Waals surface area contributed by atoms with E-state index < -0.39 is 0 Å². The standard InChI is InChI=1S/C18H38N2O/c1-7-15(2)20(12-13-21-6)18(14-19)10-8-16(9-11-18)17(3,4)5/h15-16H,7-14,19H2,1-6H3. The lowest BCUT2D eigenvalue weighted by atomic mass is 9.66. The van der Waals surface area contributed by atoms with Crippen LogP contribution in [-0.2, 0) is 4.74 Å². The van der Waals surface area contributed by atoms with Crippen molar-refractivity contribution < 1.29 is 4.74 Å². The van der Waals surface area contributed by atoms with Gasteiger partial charge in [-0.1, -0.05) is 27.7 Å². The van der Waals surface area contributed by atoms with E-state index in [0.29, 0.717) is 11.5 Å². The quantitative estimate of drug-likeness (QED) is 0.779. The van der Waals surface area contributed by atoms with Gasteiger partial charge < -0.3 is 10.5 Å². The second kappa shape index (κ2) is 7.94. The first-order chi connectivity index (χ1) is 9.80. The van der Waals surface area contributed by atoms with E-state index in [1.54, 1.807) is 7.11 Å². The van der Waals surface area contributed by atoms with Crippen LogP contribution in [0.3, 0.4) is 0 Å². The molecule has 0 radical (unpaired) electrons. The first-order valence-electron chi connectivity index (χ1n) is 8.76. The molecule has 1 fully saturated rings. The van der Waals surface area contributed by atoms with Gasteiger partial charge in [-0.25, -0.2) is 0 Å². The maximum Gasteiger partial charge on any atom is 0.0590 e. The van der Waals surface area contributed by atoms with Crippen LogP contribution in [0.5, 0.6) is 0 Å². The highest BCUT2D eigenvalue weighted by atomic mass is 16.5. The molecule has 1 atom stereocenters. The zero-order valence-electron chi connectivity index (χ0n) is 15.2. The molecule has 0 aromatic rings. The minimum absolute atomic E-state index is 0.190. The van der Waals surface area contributed by atoms with Crippen molar-refractivity contribution in [2.24, 2.45) is 17.1 Å². The summed E-state index contributed by atoms with van der Waals surface area (Å²) in [4.78, 5) is 2.65. The lowest BCUT2D eigenvalue weighted by Gasteiger charge is -2.51. The van der Waals surface area contributed by atoms with Crippen LogP contribution in [0, 0.1) is 11.3 Å². The normalized spacial score (nSPS) is 28.9. The SMILES string of the molecule is CCC(C)N(CCOC)C1(CN)CCC(C(C)(C)C)CC1. The third-order valence-electron chi connectivity index (χ3n) is 5.79. The molecule has 0 saturated heterocycles. The molecule has 0 amide bonds. The molecule has 1 aliphatic carbocycles. The molecule has 0 spiro atoms. The third kappa shape index (κ3) is 4.67. The van der Waals surface area contributed by atoms with Gasteiger partial charge in [0, 0.05) is 31.8 Å². The van der Waals surface area contributed by atoms with Gasteiger partial charge in [-0.15, -0.1) is 0 Å². The zero-order chi connectivity index (χ0) is 16.1. The number of ether oxygens (including phenoxy) is 1. The molecule has 21 heavy (non-hydrogen) atoms. The molecule has 3 heteroatoms. The van der Waals surface area contributed by atoms with Crippen molar-refractivity contribution in [2.45, 2.75) is 78.3 Å². The van der Waals surface area contributed by atoms with Crippen LogP contribution in [0.2, 0.25) is 0 Å². The largest absolute Gasteiger partial charge is 0.383 e. The lowest BCUT2D eigenvalue weighted by molar-refractivity contribution is -0.0172. The van der Waals surface area contributed by atoms with Crippen LogP contribution in [0.15, 0.2) is 0 Å². The van der Waals surface area contributed by atoms with Crippen LogP contribution < -0.4 is 5.73 Å². The van der Waals surface area contributed by atoms with E-state index in [0.717, 1.165) is 25.6 Å². The van der Waals surface area contributed by atoms with Gasteiger partial charge in [0.15, 0.2) is 0 Å². The number of hydrogen-bond acceptors (Lipinski definition) is 3. The van der Waals surface area contributed by atoms with Crippen molar-refractivity contribution in [2.75, 3.05) is 26.8 Å². The first-order valence-corrected chi connectivity index (χ1v) is 8.76. The molecule has 1 aliphatic rings. The fraction of sp³-hybridized carbons (Fsp3) is 1.00. The topological polar surface area (TPSA) is 38.5 Å². The average molecular weight is 299 g/mol. The number of nitrogens with zero attached hydrogens (tertiary/aromatic N) is 1. The summed E-state index contributed by atoms with van der Waals surface area (Å²) in [5.41, 5.74) is 6.89. The summed E-state index contributed by atoms with van der Waals surface area (Å²) in [7, 11) is 1.79. The molecule has 0 bridgehead atoms. The van der Waals surface area contributed by atoms with Gasteiger partial charge in [-0.3, -0.25) is 4.90 Å². The van der Waals surface area contributed by atoms with E-state index in [-0.39, 0.29) is 5.54 Å². The van der Waals surface area contributed by atoms with Crippen LogP contribution in [0.4, 0.5) is 0 Å². The minimum Gasteiger partial charge on any atom is -0.383 e. The summed E-state index contributed by atoms with van der Waals surface area (Å²) in [6.07, 6.45) is 6.26. The predicted octanol–water partition coefficient (Wildman–Crippen LogP) is 3.67. The summed E-state index contributed by atoms with van der Waals surface area (Å²) < 4.78 is 5.34. The Morgan fingerprint density at radius 1 is 1.29 bits per heavy atom. The summed E-state index contributed by atoms with van der Waals surface area (Å²) in [6, 6.07) is 0.579. The first kappa shape index (κ1) is 18.9. The van der Waals surface area contributed by atoms with E-state index in [1.807, 2.05) is 0 Å². The van der Waals surface area contributed by atoms with Gasteiger partial charge in [-0.2, -0.15) is 0 Å². The van der Waals surface area contributed by atoms with Crippen molar-refractivity contribution in [3.63, 3.8) is 0 Å². The Labute approximate surface area is 132 Å². The minimum atomic E-state index is 0.190. The van der Waals surface area contributed by atoms with Crippen molar-refractivity contribution in [3.8, 4) is 0 Å². The van der Waals surface area contributed by atoms with Crippen LogP contribution in [0.25, 0.3) is 0 Å². The van der Waals surface area contributed by atoms with Gasteiger partial charge in [0.2, 0.25) is 0 Å². The summed E-state index contributed by atoms with van der Waals surface area (Å²) in [6.45, 7) is 14.3. The molecular formula is C18H38N2O. The Balaban J connectivity index is 2.82. The summed E-state index contributed by atoms with van der Waals surface area (Å²) in [5, 5.41) is 0. The monoisotopic (exact) mass is 298 g/mol. The fourth-order valence-corrected chi connectivity index (χ4v) is 3.96. The highest BCUT2D eigenvalue weighted by Gasteiger charge is 2.42. The highest BCUT2D eigenvalue weighted by Crippen LogP contribution is 2.44. The van der Waals surface area contributed by atoms with Crippen LogP contribution in [-0.4, -0.2) is 43.3 Å². The molecular weight excluding hydrogens is 260 g/mol. The van der Waals surface area contributed by atoms with E-state index >= 15 is 0 Å². The molecule has 3 nitrogen and oxygen atoms in total. The molecule has 1 saturated carbocycles. The van der Waals surface area contributed by atoms with Crippen molar-refractivity contribution in [1.82, 2.24) is 4.90 Å². The fourth-order valence-electron chi connectivity index (χ4n) is 3.96. The predicted molar refractivity (Wildman–Crippen MR) is 91.5 cm³/mol. The number of nitrogens with two attached hydrogens (primary N) is 1. The average Bonchev–Trinajstić information content (AvgIpc) is 2.46. The highest BCUT2D eigenvalue weighted by molar-refractivity contribution is 4.99. The summed E-state index contributed by atoms with van der Waals surface area (Å²) >= 11 is 0. The van der Waals surface area contributed by atoms with Gasteiger partial charge in [-0.05, 0) is 50.4 Å². The molecule has 0 aliphatic heterocycles. The van der Waals surface area contributed by atoms with Gasteiger partial charge in [0.05, 0.1) is 6.61 Å². The smallest absolute Gasteiger partial charge is 0.0590 e. The van der Waals surface area contributed by atoms with Crippen molar-refractivity contribution in [3.05, 3.63) is 0 Å². The van der Waals surface area contributed by atoms with Crippen LogP contribution >= 0.6 is 0 Å². The third-order valence-corrected chi connectivity index (χ3v) is 5.79. The molecule has 126 valence electrons. The summed E-state index contributed by atoms with van der Waals surface area (Å²) in [5.74, 6) is 0.832. The second-order valence-corrected chi connectivity index (χ2v) is 8.01. The second-order valence-electron chi connectivity index (χ2n) is 8.01. The Bertz CT molecular complexity index is 290. The van der Waals surface area contributed by atoms with E-state index in [1.165, 1.54) is 32.1 Å². The molecule has 1 unspecified atom stereocenters. The number of hydrogen-bond donors (Lipinski definition) is 1. The molecule has 0 heterocycles. The molecule has 0 aromatic carbocycles. The Hall–Kier alpha value is -0.120. The van der Waals surface area contributed by atoms with Gasteiger partial charge in [0.25, 0.3) is 0 Å². The molecule has 0 aromatic heterocycles. The molecule has 1 rings (SSSR count). The number of methoxy groups -OCH3 is 1. The Kier molecular flexibility index (Phi) is 7.15. The maximum atomic E-state index is 6.28. The van der Waals surface area contributed by atoms with Gasteiger partial charge in [0.1, 0.15) is 0 Å². The van der Waals surface area contributed by atoms with Crippen molar-refractivity contribution in [1.29, 1.82) is 0 Å². The van der Waals surface area contributed by atoms with Crippen molar-refractivity contribution >= 4 is 0 Å². The van der Waals surface area contributed by atoms with E-state index in [4.69, 9.17) is 10.5 Å². The van der Waals surface area contributed by atoms with E-state index in [2.05, 4.69) is 39.5 Å². The maximum absolute atomic E-state index is 6.28. The Morgan fingerprint density at radius 3 is 2.24 bits per heavy atom. The van der Waals surface area contributed by atoms with Crippen LogP contribution in [0.1, 0.15) is 66.7 Å². The zero-order valence-corrected chi connectivity index (χ0v) is 15.2. The Morgan fingerprint density at radius 2 is 1.86 bits per heavy atom. The lowest BCUT2D eigenvalue weighted by Crippen LogP contribution is -2.59. The van der Waals surface area contributed by atoms with Gasteiger partial charge >= 0.3 is 0 Å². The molecule has 2 N–H and O–H groups in total. The van der Waals surface area contributed by atoms with E-state index in [9.17, 15) is 0 Å². The number of rotatable bonds is 7.